The van der Waals surface area contributed by atoms with Crippen LogP contribution >= 0.6 is 11.3 Å². The van der Waals surface area contributed by atoms with E-state index in [4.69, 9.17) is 19.7 Å². The number of aliphatic hydroxyl groups is 1. The molecule has 0 spiro atoms. The summed E-state index contributed by atoms with van der Waals surface area (Å²) in [6, 6.07) is 7.13. The fraction of sp³-hybridized carbons (Fsp3) is 0.500. The van der Waals surface area contributed by atoms with Gasteiger partial charge in [-0.2, -0.15) is 5.26 Å². The fourth-order valence-corrected chi connectivity index (χ4v) is 4.23. The third kappa shape index (κ3) is 5.19. The molecule has 1 aromatic heterocycles. The van der Waals surface area contributed by atoms with Gasteiger partial charge in [0.25, 0.3) is 0 Å². The highest BCUT2D eigenvalue weighted by atomic mass is 32.1. The van der Waals surface area contributed by atoms with Crippen LogP contribution in [0, 0.1) is 11.3 Å². The maximum atomic E-state index is 10.2. The largest absolute Gasteiger partial charge is 0.497 e. The number of nitrogens with one attached hydrogen (secondary N) is 1. The number of ether oxygens (including phenoxy) is 2. The molecule has 27 heavy (non-hydrogen) atoms. The Hall–Kier alpha value is -2.14. The van der Waals surface area contributed by atoms with Gasteiger partial charge in [-0.3, -0.25) is 0 Å². The molecule has 2 N–H and O–H groups in total. The number of fused-ring (bicyclic) bond motifs is 1. The zero-order valence-electron chi connectivity index (χ0n) is 15.7. The van der Waals surface area contributed by atoms with Crippen LogP contribution in [0.15, 0.2) is 18.2 Å². The van der Waals surface area contributed by atoms with Crippen LogP contribution in [0.4, 0.5) is 0 Å². The Morgan fingerprint density at radius 3 is 2.81 bits per heavy atom. The zero-order valence-corrected chi connectivity index (χ0v) is 16.5. The number of methoxy groups -OCH3 is 1. The molecule has 0 bridgehead atoms. The molecule has 1 aliphatic carbocycles. The lowest BCUT2D eigenvalue weighted by molar-refractivity contribution is 0.104. The number of rotatable bonds is 8. The third-order valence-corrected chi connectivity index (χ3v) is 5.92. The summed E-state index contributed by atoms with van der Waals surface area (Å²) < 4.78 is 10.8. The topological polar surface area (TPSA) is 87.4 Å². The summed E-state index contributed by atoms with van der Waals surface area (Å²) >= 11 is 1.78. The quantitative estimate of drug-likeness (QED) is 0.724. The maximum Gasteiger partial charge on any atom is 0.124 e. The molecule has 2 aromatic rings. The Balaban J connectivity index is 1.49. The standard InChI is InChI=1S/C20H25N3O3S/c1-13(20-23-18-5-3-4-6-19(18)27-20)22-11-15(24)12-26-17-8-14(10-21)7-16(9-17)25-2/h7-9,13,15,22,24H,3-6,11-12H2,1-2H3. The maximum absolute atomic E-state index is 10.2. The number of hydrogen-bond donors (Lipinski definition) is 2. The molecule has 0 amide bonds. The molecule has 0 radical (unpaired) electrons. The van der Waals surface area contributed by atoms with E-state index < -0.39 is 6.10 Å². The summed E-state index contributed by atoms with van der Waals surface area (Å²) in [5.74, 6) is 1.06. The van der Waals surface area contributed by atoms with Crippen LogP contribution in [-0.4, -0.2) is 36.5 Å². The van der Waals surface area contributed by atoms with E-state index in [1.165, 1.54) is 30.5 Å². The Labute approximate surface area is 163 Å². The van der Waals surface area contributed by atoms with Crippen molar-refractivity contribution < 1.29 is 14.6 Å². The molecule has 2 atom stereocenters. The number of aryl methyl sites for hydroxylation is 2. The highest BCUT2D eigenvalue weighted by Crippen LogP contribution is 2.29. The number of aromatic nitrogens is 1. The summed E-state index contributed by atoms with van der Waals surface area (Å²) in [4.78, 5) is 6.18. The van der Waals surface area contributed by atoms with Gasteiger partial charge in [0.15, 0.2) is 0 Å². The van der Waals surface area contributed by atoms with Crippen LogP contribution in [0.1, 0.15) is 46.9 Å². The summed E-state index contributed by atoms with van der Waals surface area (Å²) in [7, 11) is 1.54. The average Bonchev–Trinajstić information content (AvgIpc) is 3.14. The molecular formula is C20H25N3O3S. The number of hydrogen-bond acceptors (Lipinski definition) is 7. The van der Waals surface area contributed by atoms with Gasteiger partial charge in [-0.15, -0.1) is 11.3 Å². The van der Waals surface area contributed by atoms with Crippen LogP contribution < -0.4 is 14.8 Å². The molecular weight excluding hydrogens is 362 g/mol. The number of nitriles is 1. The van der Waals surface area contributed by atoms with Crippen molar-refractivity contribution in [2.75, 3.05) is 20.3 Å². The molecule has 7 heteroatoms. The third-order valence-electron chi connectivity index (χ3n) is 4.58. The molecule has 1 heterocycles. The van der Waals surface area contributed by atoms with Gasteiger partial charge in [-0.05, 0) is 44.7 Å². The van der Waals surface area contributed by atoms with Gasteiger partial charge in [-0.1, -0.05) is 0 Å². The molecule has 1 aliphatic rings. The minimum absolute atomic E-state index is 0.0947. The van der Waals surface area contributed by atoms with Gasteiger partial charge in [0.05, 0.1) is 30.5 Å². The summed E-state index contributed by atoms with van der Waals surface area (Å²) in [6.07, 6.45) is 4.04. The van der Waals surface area contributed by atoms with Crippen molar-refractivity contribution in [1.82, 2.24) is 10.3 Å². The lowest BCUT2D eigenvalue weighted by Crippen LogP contribution is -2.33. The second-order valence-corrected chi connectivity index (χ2v) is 7.85. The second kappa shape index (κ2) is 9.18. The predicted octanol–water partition coefficient (Wildman–Crippen LogP) is 2.99. The first-order chi connectivity index (χ1) is 13.1. The number of aliphatic hydroxyl groups excluding tert-OH is 1. The van der Waals surface area contributed by atoms with Crippen molar-refractivity contribution in [3.63, 3.8) is 0 Å². The van der Waals surface area contributed by atoms with Crippen LogP contribution in [0.25, 0.3) is 0 Å². The van der Waals surface area contributed by atoms with E-state index in [1.807, 2.05) is 0 Å². The van der Waals surface area contributed by atoms with Crippen molar-refractivity contribution in [1.29, 1.82) is 5.26 Å². The molecule has 2 unspecified atom stereocenters. The van der Waals surface area contributed by atoms with Crippen LogP contribution in [0.5, 0.6) is 11.5 Å². The number of benzene rings is 1. The molecule has 144 valence electrons. The predicted molar refractivity (Wildman–Crippen MR) is 104 cm³/mol. The second-order valence-electron chi connectivity index (χ2n) is 6.73. The Morgan fingerprint density at radius 2 is 2.07 bits per heavy atom. The molecule has 0 aliphatic heterocycles. The molecule has 6 nitrogen and oxygen atoms in total. The van der Waals surface area contributed by atoms with Gasteiger partial charge in [0.1, 0.15) is 29.2 Å². The lowest BCUT2D eigenvalue weighted by atomic mass is 10.0. The van der Waals surface area contributed by atoms with E-state index in [1.54, 1.807) is 29.5 Å². The minimum atomic E-state index is -0.668. The van der Waals surface area contributed by atoms with Gasteiger partial charge in [0, 0.05) is 17.5 Å². The highest BCUT2D eigenvalue weighted by molar-refractivity contribution is 7.11. The van der Waals surface area contributed by atoms with Crippen LogP contribution in [0.2, 0.25) is 0 Å². The van der Waals surface area contributed by atoms with Crippen LogP contribution in [0.3, 0.4) is 0 Å². The fourth-order valence-electron chi connectivity index (χ4n) is 3.05. The first-order valence-corrected chi connectivity index (χ1v) is 10.0. The zero-order chi connectivity index (χ0) is 19.2. The number of nitrogens with zero attached hydrogens (tertiary/aromatic N) is 2. The smallest absolute Gasteiger partial charge is 0.124 e. The molecule has 3 rings (SSSR count). The first kappa shape index (κ1) is 19.6. The lowest BCUT2D eigenvalue weighted by Gasteiger charge is -2.16. The summed E-state index contributed by atoms with van der Waals surface area (Å²) in [5, 5.41) is 23.7. The van der Waals surface area contributed by atoms with Crippen molar-refractivity contribution in [2.24, 2.45) is 0 Å². The van der Waals surface area contributed by atoms with Gasteiger partial charge >= 0.3 is 0 Å². The highest BCUT2D eigenvalue weighted by Gasteiger charge is 2.19. The van der Waals surface area contributed by atoms with Gasteiger partial charge in [-0.25, -0.2) is 4.98 Å². The molecule has 1 aromatic carbocycles. The van der Waals surface area contributed by atoms with Crippen LogP contribution in [-0.2, 0) is 12.8 Å². The van der Waals surface area contributed by atoms with E-state index in [0.29, 0.717) is 23.6 Å². The van der Waals surface area contributed by atoms with Gasteiger partial charge in [0.2, 0.25) is 0 Å². The van der Waals surface area contributed by atoms with Crippen molar-refractivity contribution >= 4 is 11.3 Å². The Bertz CT molecular complexity index is 792. The van der Waals surface area contributed by atoms with E-state index in [0.717, 1.165) is 17.8 Å². The number of thiazole rings is 1. The van der Waals surface area contributed by atoms with E-state index in [2.05, 4.69) is 18.3 Å². The minimum Gasteiger partial charge on any atom is -0.497 e. The van der Waals surface area contributed by atoms with E-state index in [9.17, 15) is 5.11 Å². The van der Waals surface area contributed by atoms with Crippen molar-refractivity contribution in [3.05, 3.63) is 39.3 Å². The van der Waals surface area contributed by atoms with E-state index >= 15 is 0 Å². The molecule has 0 fully saturated rings. The normalized spacial score (nSPS) is 15.5. The monoisotopic (exact) mass is 387 g/mol. The SMILES string of the molecule is COc1cc(C#N)cc(OCC(O)CNC(C)c2nc3c(s2)CCCC3)c1. The Kier molecular flexibility index (Phi) is 6.67. The van der Waals surface area contributed by atoms with Gasteiger partial charge < -0.3 is 19.9 Å². The summed E-state index contributed by atoms with van der Waals surface area (Å²) in [5.41, 5.74) is 1.71. The summed E-state index contributed by atoms with van der Waals surface area (Å²) in [6.45, 7) is 2.60. The molecule has 0 saturated heterocycles. The first-order valence-electron chi connectivity index (χ1n) is 9.21. The van der Waals surface area contributed by atoms with Crippen molar-refractivity contribution in [2.45, 2.75) is 44.8 Å². The molecule has 0 saturated carbocycles. The average molecular weight is 388 g/mol. The Morgan fingerprint density at radius 1 is 1.30 bits per heavy atom. The van der Waals surface area contributed by atoms with E-state index in [-0.39, 0.29) is 12.6 Å². The van der Waals surface area contributed by atoms with Crippen molar-refractivity contribution in [3.8, 4) is 17.6 Å².